The molecule has 1 aliphatic heterocycles. The number of oxime groups is 1. The normalized spacial score (nSPS) is 13.9. The predicted octanol–water partition coefficient (Wildman–Crippen LogP) is 5.17. The third-order valence-electron chi connectivity index (χ3n) is 5.51. The molecule has 0 aromatic heterocycles. The summed E-state index contributed by atoms with van der Waals surface area (Å²) in [5.74, 6) is -0.545. The maximum Gasteiger partial charge on any atom is 0.366 e. The number of nitrogens with zero attached hydrogens (tertiary/aromatic N) is 2. The van der Waals surface area contributed by atoms with E-state index >= 15 is 0 Å². The van der Waals surface area contributed by atoms with E-state index < -0.39 is 12.0 Å². The molecule has 0 unspecified atom stereocenters. The van der Waals surface area contributed by atoms with Crippen molar-refractivity contribution in [2.45, 2.75) is 6.42 Å². The molecule has 0 bridgehead atoms. The van der Waals surface area contributed by atoms with Crippen LogP contribution in [0.5, 0.6) is 0 Å². The van der Waals surface area contributed by atoms with Crippen LogP contribution in [0.15, 0.2) is 96.2 Å². The van der Waals surface area contributed by atoms with Crippen molar-refractivity contribution in [2.75, 3.05) is 4.90 Å². The van der Waals surface area contributed by atoms with Gasteiger partial charge in [-0.2, -0.15) is 0 Å². The summed E-state index contributed by atoms with van der Waals surface area (Å²) in [6.45, 7) is 0. The smallest absolute Gasteiger partial charge is 0.351 e. The number of urea groups is 1. The average molecular weight is 421 g/mol. The number of primary amides is 1. The Bertz CT molecular complexity index is 1390. The number of anilines is 2. The zero-order chi connectivity index (χ0) is 22.1. The van der Waals surface area contributed by atoms with Crippen molar-refractivity contribution in [1.82, 2.24) is 0 Å². The van der Waals surface area contributed by atoms with E-state index in [4.69, 9.17) is 10.6 Å². The van der Waals surface area contributed by atoms with Gasteiger partial charge in [0.05, 0.1) is 22.6 Å². The second-order valence-electron chi connectivity index (χ2n) is 7.44. The Balaban J connectivity index is 1.57. The first-order valence-corrected chi connectivity index (χ1v) is 10.2. The largest absolute Gasteiger partial charge is 0.366 e. The highest BCUT2D eigenvalue weighted by Crippen LogP contribution is 2.36. The Hall–Kier alpha value is -4.45. The van der Waals surface area contributed by atoms with Gasteiger partial charge in [-0.1, -0.05) is 78.0 Å². The van der Waals surface area contributed by atoms with Crippen LogP contribution in [0.25, 0.3) is 10.8 Å². The summed E-state index contributed by atoms with van der Waals surface area (Å²) in [5, 5.41) is 5.99. The van der Waals surface area contributed by atoms with E-state index in [0.29, 0.717) is 34.6 Å². The zero-order valence-corrected chi connectivity index (χ0v) is 17.1. The van der Waals surface area contributed by atoms with Crippen LogP contribution in [0.2, 0.25) is 0 Å². The van der Waals surface area contributed by atoms with Gasteiger partial charge >= 0.3 is 12.0 Å². The number of carbonyl (C=O) groups is 2. The minimum atomic E-state index is -0.598. The molecule has 0 spiro atoms. The fourth-order valence-electron chi connectivity index (χ4n) is 4.06. The van der Waals surface area contributed by atoms with E-state index in [1.54, 1.807) is 12.1 Å². The molecule has 2 N–H and O–H groups in total. The minimum Gasteiger partial charge on any atom is -0.351 e. The van der Waals surface area contributed by atoms with Crippen molar-refractivity contribution in [2.24, 2.45) is 10.9 Å². The fraction of sp³-hybridized carbons (Fsp3) is 0.0385. The highest BCUT2D eigenvalue weighted by molar-refractivity contribution is 6.14. The van der Waals surface area contributed by atoms with Gasteiger partial charge in [-0.25, -0.2) is 9.59 Å². The lowest BCUT2D eigenvalue weighted by Crippen LogP contribution is -2.32. The molecule has 0 saturated heterocycles. The SMILES string of the molecule is NC(=O)N1c2ccccc2CC(=NOC(=O)c2cccc3ccccc23)c2ccccc21. The summed E-state index contributed by atoms with van der Waals surface area (Å²) >= 11 is 0. The topological polar surface area (TPSA) is 85.0 Å². The highest BCUT2D eigenvalue weighted by atomic mass is 16.7. The maximum atomic E-state index is 12.9. The van der Waals surface area contributed by atoms with E-state index in [1.807, 2.05) is 78.9 Å². The van der Waals surface area contributed by atoms with Crippen molar-refractivity contribution >= 4 is 39.9 Å². The van der Waals surface area contributed by atoms with Gasteiger partial charge in [0, 0.05) is 12.0 Å². The van der Waals surface area contributed by atoms with Crippen LogP contribution in [0.1, 0.15) is 21.5 Å². The van der Waals surface area contributed by atoms with Crippen LogP contribution in [-0.4, -0.2) is 17.7 Å². The molecule has 6 nitrogen and oxygen atoms in total. The third kappa shape index (κ3) is 3.37. The van der Waals surface area contributed by atoms with Crippen LogP contribution in [-0.2, 0) is 11.3 Å². The highest BCUT2D eigenvalue weighted by Gasteiger charge is 2.27. The van der Waals surface area contributed by atoms with Crippen molar-refractivity contribution in [3.05, 3.63) is 108 Å². The monoisotopic (exact) mass is 421 g/mol. The number of hydrogen-bond donors (Lipinski definition) is 1. The molecule has 32 heavy (non-hydrogen) atoms. The predicted molar refractivity (Wildman–Crippen MR) is 124 cm³/mol. The van der Waals surface area contributed by atoms with Crippen LogP contribution < -0.4 is 10.6 Å². The van der Waals surface area contributed by atoms with Gasteiger partial charge in [-0.3, -0.25) is 4.90 Å². The van der Waals surface area contributed by atoms with Crippen molar-refractivity contribution in [3.63, 3.8) is 0 Å². The number of amides is 2. The van der Waals surface area contributed by atoms with Gasteiger partial charge in [0.2, 0.25) is 0 Å². The molecule has 1 heterocycles. The van der Waals surface area contributed by atoms with Gasteiger partial charge in [0.15, 0.2) is 0 Å². The molecule has 2 amide bonds. The lowest BCUT2D eigenvalue weighted by molar-refractivity contribution is 0.0518. The molecule has 0 saturated carbocycles. The van der Waals surface area contributed by atoms with Gasteiger partial charge in [-0.05, 0) is 34.5 Å². The van der Waals surface area contributed by atoms with Gasteiger partial charge < -0.3 is 10.6 Å². The Morgan fingerprint density at radius 1 is 0.812 bits per heavy atom. The maximum absolute atomic E-state index is 12.9. The summed E-state index contributed by atoms with van der Waals surface area (Å²) in [6.07, 6.45) is 0.375. The molecule has 0 aliphatic carbocycles. The number of para-hydroxylation sites is 2. The zero-order valence-electron chi connectivity index (χ0n) is 17.1. The van der Waals surface area contributed by atoms with Crippen LogP contribution in [0.3, 0.4) is 0 Å². The molecule has 5 rings (SSSR count). The molecule has 0 atom stereocenters. The molecular weight excluding hydrogens is 402 g/mol. The van der Waals surface area contributed by atoms with E-state index in [9.17, 15) is 9.59 Å². The first kappa shape index (κ1) is 19.5. The van der Waals surface area contributed by atoms with Crippen molar-refractivity contribution in [1.29, 1.82) is 0 Å². The van der Waals surface area contributed by atoms with Crippen LogP contribution in [0.4, 0.5) is 16.2 Å². The number of hydrogen-bond acceptors (Lipinski definition) is 4. The number of rotatable bonds is 2. The van der Waals surface area contributed by atoms with E-state index in [0.717, 1.165) is 16.3 Å². The summed E-state index contributed by atoms with van der Waals surface area (Å²) in [6, 6.07) is 27.2. The van der Waals surface area contributed by atoms with E-state index in [1.165, 1.54) is 4.90 Å². The second-order valence-corrected chi connectivity index (χ2v) is 7.44. The minimum absolute atomic E-state index is 0.375. The summed E-state index contributed by atoms with van der Waals surface area (Å²) in [5.41, 5.74) is 9.49. The average Bonchev–Trinajstić information content (AvgIpc) is 2.96. The first-order chi connectivity index (χ1) is 15.6. The standard InChI is InChI=1S/C26H19N3O3/c27-26(31)29-23-14-5-2-9-18(23)16-22(21-12-4-6-15-24(21)29)28-32-25(30)20-13-7-10-17-8-1-3-11-19(17)20/h1-15H,16H2,(H2,27,31). The summed E-state index contributed by atoms with van der Waals surface area (Å²) in [4.78, 5) is 32.1. The van der Waals surface area contributed by atoms with Crippen LogP contribution >= 0.6 is 0 Å². The molecule has 0 radical (unpaired) electrons. The second kappa shape index (κ2) is 8.00. The van der Waals surface area contributed by atoms with E-state index in [2.05, 4.69) is 5.16 Å². The molecule has 6 heteroatoms. The van der Waals surface area contributed by atoms with E-state index in [-0.39, 0.29) is 0 Å². The molecule has 4 aromatic rings. The van der Waals surface area contributed by atoms with Crippen molar-refractivity contribution in [3.8, 4) is 0 Å². The molecule has 156 valence electrons. The molecular formula is C26H19N3O3. The molecule has 0 fully saturated rings. The number of carbonyl (C=O) groups excluding carboxylic acids is 2. The van der Waals surface area contributed by atoms with Gasteiger partial charge in [-0.15, -0.1) is 0 Å². The lowest BCUT2D eigenvalue weighted by atomic mass is 10.0. The van der Waals surface area contributed by atoms with Crippen LogP contribution in [0, 0.1) is 0 Å². The molecule has 4 aromatic carbocycles. The Morgan fingerprint density at radius 2 is 1.50 bits per heavy atom. The summed E-state index contributed by atoms with van der Waals surface area (Å²) < 4.78 is 0. The molecule has 1 aliphatic rings. The fourth-order valence-corrected chi connectivity index (χ4v) is 4.06. The lowest BCUT2D eigenvalue weighted by Gasteiger charge is -2.22. The quantitative estimate of drug-likeness (QED) is 0.358. The Kier molecular flexibility index (Phi) is 4.88. The van der Waals surface area contributed by atoms with Gasteiger partial charge in [0.1, 0.15) is 0 Å². The number of nitrogens with two attached hydrogens (primary N) is 1. The third-order valence-corrected chi connectivity index (χ3v) is 5.51. The van der Waals surface area contributed by atoms with Gasteiger partial charge in [0.25, 0.3) is 0 Å². The Labute approximate surface area is 184 Å². The Morgan fingerprint density at radius 3 is 2.34 bits per heavy atom. The first-order valence-electron chi connectivity index (χ1n) is 10.2. The summed E-state index contributed by atoms with van der Waals surface area (Å²) in [7, 11) is 0. The number of fused-ring (bicyclic) bond motifs is 3. The number of benzene rings is 4. The van der Waals surface area contributed by atoms with Crippen molar-refractivity contribution < 1.29 is 14.4 Å².